The van der Waals surface area contributed by atoms with Crippen LogP contribution in [0.5, 0.6) is 0 Å². The van der Waals surface area contributed by atoms with Gasteiger partial charge in [0.2, 0.25) is 5.91 Å². The van der Waals surface area contributed by atoms with E-state index in [1.54, 1.807) is 4.90 Å². The zero-order chi connectivity index (χ0) is 17.8. The van der Waals surface area contributed by atoms with Crippen LogP contribution in [0.3, 0.4) is 0 Å². The van der Waals surface area contributed by atoms with Gasteiger partial charge >= 0.3 is 6.03 Å². The number of urea groups is 1. The van der Waals surface area contributed by atoms with Gasteiger partial charge in [0.05, 0.1) is 5.00 Å². The SMILES string of the molecule is O=C(Nc1ccc(F)c(F)c1)C1CCN(C(=O)Nc2cccs2)CC1. The number of nitrogens with one attached hydrogen (secondary N) is 2. The van der Waals surface area contributed by atoms with Crippen molar-refractivity contribution in [2.45, 2.75) is 12.8 Å². The molecule has 0 unspecified atom stereocenters. The molecule has 0 atom stereocenters. The van der Waals surface area contributed by atoms with E-state index in [0.717, 1.165) is 17.1 Å². The van der Waals surface area contributed by atoms with E-state index in [0.29, 0.717) is 25.9 Å². The number of hydrogen-bond donors (Lipinski definition) is 2. The van der Waals surface area contributed by atoms with Gasteiger partial charge in [0.15, 0.2) is 11.6 Å². The lowest BCUT2D eigenvalue weighted by atomic mass is 9.96. The van der Waals surface area contributed by atoms with Gasteiger partial charge in [-0.15, -0.1) is 11.3 Å². The van der Waals surface area contributed by atoms with E-state index in [1.807, 2.05) is 17.5 Å². The van der Waals surface area contributed by atoms with E-state index in [-0.39, 0.29) is 23.5 Å². The highest BCUT2D eigenvalue weighted by atomic mass is 32.1. The summed E-state index contributed by atoms with van der Waals surface area (Å²) in [5.41, 5.74) is 0.224. The van der Waals surface area contributed by atoms with Gasteiger partial charge in [-0.1, -0.05) is 0 Å². The Morgan fingerprint density at radius 1 is 1.08 bits per heavy atom. The summed E-state index contributed by atoms with van der Waals surface area (Å²) in [5.74, 6) is -2.47. The zero-order valence-corrected chi connectivity index (χ0v) is 14.1. The van der Waals surface area contributed by atoms with Gasteiger partial charge in [0.1, 0.15) is 0 Å². The molecule has 0 spiro atoms. The van der Waals surface area contributed by atoms with Gasteiger partial charge in [0.25, 0.3) is 0 Å². The maximum absolute atomic E-state index is 13.2. The van der Waals surface area contributed by atoms with Crippen LogP contribution in [-0.2, 0) is 4.79 Å². The van der Waals surface area contributed by atoms with E-state index in [9.17, 15) is 18.4 Å². The first-order valence-corrected chi connectivity index (χ1v) is 8.76. The molecule has 2 heterocycles. The summed E-state index contributed by atoms with van der Waals surface area (Å²) >= 11 is 1.44. The molecule has 1 aliphatic heterocycles. The van der Waals surface area contributed by atoms with Crippen LogP contribution in [-0.4, -0.2) is 29.9 Å². The van der Waals surface area contributed by atoms with E-state index in [1.165, 1.54) is 17.4 Å². The lowest BCUT2D eigenvalue weighted by Gasteiger charge is -2.31. The molecule has 2 aromatic rings. The molecule has 1 fully saturated rings. The number of rotatable bonds is 3. The van der Waals surface area contributed by atoms with Crippen molar-refractivity contribution in [3.05, 3.63) is 47.3 Å². The standard InChI is InChI=1S/C17H17F2N3O2S/c18-13-4-3-12(10-14(13)19)20-16(23)11-5-7-22(8-6-11)17(24)21-15-2-1-9-25-15/h1-4,9-11H,5-8H2,(H,20,23)(H,21,24). The Hall–Kier alpha value is -2.48. The topological polar surface area (TPSA) is 61.4 Å². The fourth-order valence-corrected chi connectivity index (χ4v) is 3.30. The zero-order valence-electron chi connectivity index (χ0n) is 13.3. The minimum Gasteiger partial charge on any atom is -0.326 e. The predicted molar refractivity (Wildman–Crippen MR) is 92.6 cm³/mol. The summed E-state index contributed by atoms with van der Waals surface area (Å²) < 4.78 is 26.1. The van der Waals surface area contributed by atoms with Crippen molar-refractivity contribution in [1.82, 2.24) is 4.90 Å². The molecular weight excluding hydrogens is 348 g/mol. The van der Waals surface area contributed by atoms with E-state index in [2.05, 4.69) is 10.6 Å². The molecule has 3 rings (SSSR count). The largest absolute Gasteiger partial charge is 0.326 e. The Labute approximate surface area is 147 Å². The molecule has 1 aromatic heterocycles. The van der Waals surface area contributed by atoms with Gasteiger partial charge in [0, 0.05) is 30.8 Å². The summed E-state index contributed by atoms with van der Waals surface area (Å²) in [6.45, 7) is 0.931. The van der Waals surface area contributed by atoms with Crippen LogP contribution < -0.4 is 10.6 Å². The third kappa shape index (κ3) is 4.33. The molecule has 1 aliphatic rings. The van der Waals surface area contributed by atoms with Crippen molar-refractivity contribution < 1.29 is 18.4 Å². The molecule has 5 nitrogen and oxygen atoms in total. The minimum atomic E-state index is -1.00. The van der Waals surface area contributed by atoms with Crippen molar-refractivity contribution in [3.8, 4) is 0 Å². The fraction of sp³-hybridized carbons (Fsp3) is 0.294. The maximum Gasteiger partial charge on any atom is 0.322 e. The first kappa shape index (κ1) is 17.3. The molecule has 132 valence electrons. The monoisotopic (exact) mass is 365 g/mol. The predicted octanol–water partition coefficient (Wildman–Crippen LogP) is 3.91. The van der Waals surface area contributed by atoms with Gasteiger partial charge < -0.3 is 10.2 Å². The molecule has 3 amide bonds. The molecule has 8 heteroatoms. The number of amides is 3. The molecule has 1 aromatic carbocycles. The van der Waals surface area contributed by atoms with Crippen LogP contribution in [0, 0.1) is 17.6 Å². The number of hydrogen-bond acceptors (Lipinski definition) is 3. The molecule has 0 radical (unpaired) electrons. The number of carbonyl (C=O) groups excluding carboxylic acids is 2. The van der Waals surface area contributed by atoms with E-state index >= 15 is 0 Å². The third-order valence-electron chi connectivity index (χ3n) is 4.09. The lowest BCUT2D eigenvalue weighted by molar-refractivity contribution is -0.121. The maximum atomic E-state index is 13.2. The first-order valence-electron chi connectivity index (χ1n) is 7.88. The number of thiophene rings is 1. The van der Waals surface area contributed by atoms with Crippen molar-refractivity contribution in [2.75, 3.05) is 23.7 Å². The van der Waals surface area contributed by atoms with Crippen LogP contribution in [0.15, 0.2) is 35.7 Å². The van der Waals surface area contributed by atoms with Gasteiger partial charge in [-0.25, -0.2) is 13.6 Å². The second-order valence-corrected chi connectivity index (χ2v) is 6.73. The summed E-state index contributed by atoms with van der Waals surface area (Å²) in [6, 6.07) is 6.75. The van der Waals surface area contributed by atoms with E-state index in [4.69, 9.17) is 0 Å². The molecule has 2 N–H and O–H groups in total. The molecule has 0 aliphatic carbocycles. The van der Waals surface area contributed by atoms with Crippen molar-refractivity contribution in [2.24, 2.45) is 5.92 Å². The molecular formula is C17H17F2N3O2S. The third-order valence-corrected chi connectivity index (χ3v) is 4.88. The second kappa shape index (κ2) is 7.60. The van der Waals surface area contributed by atoms with Crippen LogP contribution in [0.1, 0.15) is 12.8 Å². The van der Waals surface area contributed by atoms with Gasteiger partial charge in [-0.05, 0) is 42.5 Å². The Balaban J connectivity index is 1.50. The number of anilines is 2. The first-order chi connectivity index (χ1) is 12.0. The Kier molecular flexibility index (Phi) is 5.28. The molecule has 0 bridgehead atoms. The Morgan fingerprint density at radius 2 is 1.84 bits per heavy atom. The van der Waals surface area contributed by atoms with Crippen LogP contribution in [0.2, 0.25) is 0 Å². The summed E-state index contributed by atoms with van der Waals surface area (Å²) in [4.78, 5) is 26.1. The van der Waals surface area contributed by atoms with Crippen LogP contribution in [0.25, 0.3) is 0 Å². The van der Waals surface area contributed by atoms with Crippen LogP contribution in [0.4, 0.5) is 24.3 Å². The Morgan fingerprint density at radius 3 is 2.48 bits per heavy atom. The number of carbonyl (C=O) groups is 2. The fourth-order valence-electron chi connectivity index (χ4n) is 2.70. The van der Waals surface area contributed by atoms with Crippen molar-refractivity contribution in [3.63, 3.8) is 0 Å². The Bertz CT molecular complexity index is 759. The normalized spacial score (nSPS) is 15.0. The number of halogens is 2. The molecule has 25 heavy (non-hydrogen) atoms. The average molecular weight is 365 g/mol. The van der Waals surface area contributed by atoms with E-state index < -0.39 is 11.6 Å². The molecule has 0 saturated carbocycles. The van der Waals surface area contributed by atoms with Gasteiger partial charge in [-0.3, -0.25) is 10.1 Å². The summed E-state index contributed by atoms with van der Waals surface area (Å²) in [6.07, 6.45) is 1.04. The van der Waals surface area contributed by atoms with Crippen LogP contribution >= 0.6 is 11.3 Å². The summed E-state index contributed by atoms with van der Waals surface area (Å²) in [7, 11) is 0. The summed E-state index contributed by atoms with van der Waals surface area (Å²) in [5, 5.41) is 8.07. The highest BCUT2D eigenvalue weighted by Crippen LogP contribution is 2.22. The number of piperidine rings is 1. The van der Waals surface area contributed by atoms with Gasteiger partial charge in [-0.2, -0.15) is 0 Å². The number of nitrogens with zero attached hydrogens (tertiary/aromatic N) is 1. The average Bonchev–Trinajstić information content (AvgIpc) is 3.11. The lowest BCUT2D eigenvalue weighted by Crippen LogP contribution is -2.43. The highest BCUT2D eigenvalue weighted by Gasteiger charge is 2.27. The second-order valence-electron chi connectivity index (χ2n) is 5.79. The highest BCUT2D eigenvalue weighted by molar-refractivity contribution is 7.14. The van der Waals surface area contributed by atoms with Crippen molar-refractivity contribution in [1.29, 1.82) is 0 Å². The number of benzene rings is 1. The number of likely N-dealkylation sites (tertiary alicyclic amines) is 1. The minimum absolute atomic E-state index is 0.179. The van der Waals surface area contributed by atoms with Crippen molar-refractivity contribution >= 4 is 34.0 Å². The quantitative estimate of drug-likeness (QED) is 0.866. The smallest absolute Gasteiger partial charge is 0.322 e. The molecule has 1 saturated heterocycles.